The van der Waals surface area contributed by atoms with Crippen molar-refractivity contribution in [3.8, 4) is 0 Å². The van der Waals surface area contributed by atoms with Crippen molar-refractivity contribution in [1.29, 1.82) is 0 Å². The van der Waals surface area contributed by atoms with Gasteiger partial charge in [-0.2, -0.15) is 0 Å². The average Bonchev–Trinajstić information content (AvgIpc) is 2.60. The molecule has 0 bridgehead atoms. The Balaban J connectivity index is 2.35. The smallest absolute Gasteiger partial charge is 0.123 e. The van der Waals surface area contributed by atoms with E-state index in [-0.39, 0.29) is 12.1 Å². The molecular weight excluding hydrogens is 202 g/mol. The Bertz CT molecular complexity index is 307. The van der Waals surface area contributed by atoms with Gasteiger partial charge in [-0.1, -0.05) is 13.8 Å². The van der Waals surface area contributed by atoms with Crippen LogP contribution >= 0.6 is 0 Å². The van der Waals surface area contributed by atoms with Gasteiger partial charge < -0.3 is 14.8 Å². The Hall–Kier alpha value is -0.800. The molecule has 3 nitrogen and oxygen atoms in total. The first-order valence-corrected chi connectivity index (χ1v) is 5.96. The summed E-state index contributed by atoms with van der Waals surface area (Å²) >= 11 is 0. The van der Waals surface area contributed by atoms with Crippen molar-refractivity contribution in [2.24, 2.45) is 5.92 Å². The van der Waals surface area contributed by atoms with Gasteiger partial charge in [-0.15, -0.1) is 0 Å². The topological polar surface area (TPSA) is 45.4 Å². The fourth-order valence-electron chi connectivity index (χ4n) is 1.86. The second-order valence-electron chi connectivity index (χ2n) is 4.88. The summed E-state index contributed by atoms with van der Waals surface area (Å²) in [7, 11) is 0. The van der Waals surface area contributed by atoms with E-state index in [0.29, 0.717) is 12.5 Å². The van der Waals surface area contributed by atoms with Gasteiger partial charge in [0.15, 0.2) is 0 Å². The van der Waals surface area contributed by atoms with Gasteiger partial charge in [0.2, 0.25) is 0 Å². The highest BCUT2D eigenvalue weighted by atomic mass is 16.3. The van der Waals surface area contributed by atoms with Crippen LogP contribution in [-0.2, 0) is 0 Å². The highest BCUT2D eigenvalue weighted by Crippen LogP contribution is 2.18. The van der Waals surface area contributed by atoms with E-state index in [1.54, 1.807) is 6.26 Å². The van der Waals surface area contributed by atoms with Crippen molar-refractivity contribution in [2.45, 2.75) is 46.3 Å². The number of aliphatic hydroxyl groups excluding tert-OH is 1. The summed E-state index contributed by atoms with van der Waals surface area (Å²) in [6.07, 6.45) is 2.25. The molecule has 0 amide bonds. The number of aliphatic hydroxyl groups is 1. The van der Waals surface area contributed by atoms with Gasteiger partial charge in [0.05, 0.1) is 18.4 Å². The highest BCUT2D eigenvalue weighted by molar-refractivity contribution is 5.17. The molecule has 0 saturated heterocycles. The lowest BCUT2D eigenvalue weighted by Gasteiger charge is -2.17. The Labute approximate surface area is 97.9 Å². The summed E-state index contributed by atoms with van der Waals surface area (Å²) < 4.78 is 5.40. The molecule has 3 heteroatoms. The second-order valence-corrected chi connectivity index (χ2v) is 4.88. The van der Waals surface area contributed by atoms with E-state index in [1.807, 2.05) is 19.9 Å². The van der Waals surface area contributed by atoms with Crippen molar-refractivity contribution >= 4 is 0 Å². The third kappa shape index (κ3) is 3.99. The number of rotatable bonds is 6. The molecule has 1 aromatic rings. The average molecular weight is 225 g/mol. The van der Waals surface area contributed by atoms with Crippen molar-refractivity contribution in [3.05, 3.63) is 23.7 Å². The van der Waals surface area contributed by atoms with Crippen LogP contribution in [0, 0.1) is 12.8 Å². The van der Waals surface area contributed by atoms with Crippen LogP contribution in [0.5, 0.6) is 0 Å². The standard InChI is InChI=1S/C13H23NO2/c1-9(2)7-12(15)8-14-11(4)13-10(3)5-6-16-13/h5-6,9,11-12,14-15H,7-8H2,1-4H3/t11-,12-/m1/s1. The van der Waals surface area contributed by atoms with Crippen LogP contribution in [0.3, 0.4) is 0 Å². The molecule has 2 atom stereocenters. The van der Waals surface area contributed by atoms with E-state index in [4.69, 9.17) is 4.42 Å². The summed E-state index contributed by atoms with van der Waals surface area (Å²) in [5.74, 6) is 1.48. The zero-order valence-corrected chi connectivity index (χ0v) is 10.7. The normalized spacial score (nSPS) is 15.4. The van der Waals surface area contributed by atoms with Gasteiger partial charge in [-0.3, -0.25) is 0 Å². The van der Waals surface area contributed by atoms with Crippen molar-refractivity contribution in [1.82, 2.24) is 5.32 Å². The third-order valence-electron chi connectivity index (χ3n) is 2.70. The predicted molar refractivity (Wildman–Crippen MR) is 65.3 cm³/mol. The number of nitrogens with one attached hydrogen (secondary N) is 1. The van der Waals surface area contributed by atoms with E-state index >= 15 is 0 Å². The Kier molecular flexibility index (Phi) is 5.03. The highest BCUT2D eigenvalue weighted by Gasteiger charge is 2.13. The van der Waals surface area contributed by atoms with Gasteiger partial charge in [-0.25, -0.2) is 0 Å². The molecule has 0 aromatic carbocycles. The fourth-order valence-corrected chi connectivity index (χ4v) is 1.86. The molecule has 0 spiro atoms. The quantitative estimate of drug-likeness (QED) is 0.782. The van der Waals surface area contributed by atoms with E-state index in [0.717, 1.165) is 17.7 Å². The maximum Gasteiger partial charge on any atom is 0.123 e. The number of aryl methyl sites for hydroxylation is 1. The van der Waals surface area contributed by atoms with Crippen molar-refractivity contribution in [3.63, 3.8) is 0 Å². The first kappa shape index (κ1) is 13.3. The maximum atomic E-state index is 9.74. The maximum absolute atomic E-state index is 9.74. The molecule has 0 saturated carbocycles. The van der Waals surface area contributed by atoms with Crippen LogP contribution < -0.4 is 5.32 Å². The summed E-state index contributed by atoms with van der Waals surface area (Å²) in [5, 5.41) is 13.0. The SMILES string of the molecule is Cc1ccoc1[C@@H](C)NC[C@H](O)CC(C)C. The molecule has 1 heterocycles. The molecule has 0 radical (unpaired) electrons. The molecule has 0 fully saturated rings. The summed E-state index contributed by atoms with van der Waals surface area (Å²) in [6.45, 7) is 8.92. The minimum absolute atomic E-state index is 0.150. The van der Waals surface area contributed by atoms with Crippen LogP contribution in [0.1, 0.15) is 44.6 Å². The van der Waals surface area contributed by atoms with E-state index in [1.165, 1.54) is 0 Å². The van der Waals surface area contributed by atoms with E-state index in [2.05, 4.69) is 19.2 Å². The van der Waals surface area contributed by atoms with Crippen LogP contribution in [0.25, 0.3) is 0 Å². The first-order chi connectivity index (χ1) is 7.50. The summed E-state index contributed by atoms with van der Waals surface area (Å²) in [5.41, 5.74) is 1.15. The number of hydrogen-bond donors (Lipinski definition) is 2. The van der Waals surface area contributed by atoms with Crippen LogP contribution in [-0.4, -0.2) is 17.8 Å². The zero-order chi connectivity index (χ0) is 12.1. The van der Waals surface area contributed by atoms with Gasteiger partial charge in [0.25, 0.3) is 0 Å². The van der Waals surface area contributed by atoms with Crippen molar-refractivity contribution < 1.29 is 9.52 Å². The van der Waals surface area contributed by atoms with Crippen LogP contribution in [0.4, 0.5) is 0 Å². The predicted octanol–water partition coefficient (Wildman–Crippen LogP) is 2.65. The monoisotopic (exact) mass is 225 g/mol. The lowest BCUT2D eigenvalue weighted by molar-refractivity contribution is 0.142. The van der Waals surface area contributed by atoms with Gasteiger partial charge in [-0.05, 0) is 37.8 Å². The molecule has 0 aliphatic rings. The Morgan fingerprint density at radius 2 is 2.06 bits per heavy atom. The van der Waals surface area contributed by atoms with Crippen LogP contribution in [0.15, 0.2) is 16.7 Å². The zero-order valence-electron chi connectivity index (χ0n) is 10.7. The molecular formula is C13H23NO2. The molecule has 0 unspecified atom stereocenters. The number of furan rings is 1. The third-order valence-corrected chi connectivity index (χ3v) is 2.70. The minimum atomic E-state index is -0.280. The molecule has 92 valence electrons. The summed E-state index contributed by atoms with van der Waals surface area (Å²) in [6, 6.07) is 2.11. The lowest BCUT2D eigenvalue weighted by atomic mass is 10.1. The molecule has 16 heavy (non-hydrogen) atoms. The van der Waals surface area contributed by atoms with Gasteiger partial charge >= 0.3 is 0 Å². The summed E-state index contributed by atoms with van der Waals surface area (Å²) in [4.78, 5) is 0. The van der Waals surface area contributed by atoms with Gasteiger partial charge in [0.1, 0.15) is 5.76 Å². The minimum Gasteiger partial charge on any atom is -0.467 e. The van der Waals surface area contributed by atoms with E-state index in [9.17, 15) is 5.11 Å². The molecule has 1 aromatic heterocycles. The molecule has 0 aliphatic heterocycles. The fraction of sp³-hybridized carbons (Fsp3) is 0.692. The Morgan fingerprint density at radius 1 is 1.38 bits per heavy atom. The molecule has 2 N–H and O–H groups in total. The lowest BCUT2D eigenvalue weighted by Crippen LogP contribution is -2.30. The van der Waals surface area contributed by atoms with Crippen molar-refractivity contribution in [2.75, 3.05) is 6.54 Å². The number of hydrogen-bond acceptors (Lipinski definition) is 3. The second kappa shape index (κ2) is 6.06. The Morgan fingerprint density at radius 3 is 2.56 bits per heavy atom. The van der Waals surface area contributed by atoms with E-state index < -0.39 is 0 Å². The molecule has 1 rings (SSSR count). The van der Waals surface area contributed by atoms with Crippen LogP contribution in [0.2, 0.25) is 0 Å². The molecule has 0 aliphatic carbocycles. The largest absolute Gasteiger partial charge is 0.467 e. The first-order valence-electron chi connectivity index (χ1n) is 5.96. The van der Waals surface area contributed by atoms with Gasteiger partial charge in [0, 0.05) is 6.54 Å².